The summed E-state index contributed by atoms with van der Waals surface area (Å²) in [6.07, 6.45) is 69.4. The number of amides is 2. The number of carboxylic acids is 1. The van der Waals surface area contributed by atoms with Crippen molar-refractivity contribution in [3.8, 4) is 0 Å². The second kappa shape index (κ2) is 49.7. The molecule has 0 saturated carbocycles. The van der Waals surface area contributed by atoms with Crippen molar-refractivity contribution in [3.63, 3.8) is 0 Å². The van der Waals surface area contributed by atoms with Crippen molar-refractivity contribution >= 4 is 23.8 Å². The molecule has 0 saturated heterocycles. The average molecular weight is 915 g/mol. The van der Waals surface area contributed by atoms with Gasteiger partial charge in [0.2, 0.25) is 11.8 Å². The number of esters is 1. The molecular weight excluding hydrogens is 825 g/mol. The van der Waals surface area contributed by atoms with Gasteiger partial charge in [-0.25, -0.2) is 4.79 Å². The molecule has 0 aromatic carbocycles. The third-order valence-corrected chi connectivity index (χ3v) is 10.5. The predicted octanol–water partition coefficient (Wildman–Crippen LogP) is 13.7. The molecule has 0 aromatic rings. The zero-order valence-corrected chi connectivity index (χ0v) is 41.1. The van der Waals surface area contributed by atoms with Crippen molar-refractivity contribution in [1.29, 1.82) is 0 Å². The number of carboxylic acid groups (broad SMARTS) is 1. The lowest BCUT2D eigenvalue weighted by molar-refractivity contribution is -0.150. The summed E-state index contributed by atoms with van der Waals surface area (Å²) < 4.78 is 6.03. The van der Waals surface area contributed by atoms with E-state index in [1.807, 2.05) is 0 Å². The van der Waals surface area contributed by atoms with E-state index in [1.165, 1.54) is 0 Å². The third kappa shape index (κ3) is 45.8. The van der Waals surface area contributed by atoms with Crippen LogP contribution in [0.4, 0.5) is 0 Å². The molecule has 9 heteroatoms. The first-order valence-corrected chi connectivity index (χ1v) is 25.4. The summed E-state index contributed by atoms with van der Waals surface area (Å²) in [5.74, 6) is -2.37. The quantitative estimate of drug-likeness (QED) is 0.0271. The highest BCUT2D eigenvalue weighted by Gasteiger charge is 2.19. The molecule has 2 unspecified atom stereocenters. The monoisotopic (exact) mass is 915 g/mol. The Morgan fingerprint density at radius 2 is 0.818 bits per heavy atom. The van der Waals surface area contributed by atoms with E-state index in [2.05, 4.69) is 146 Å². The summed E-state index contributed by atoms with van der Waals surface area (Å²) in [4.78, 5) is 47.8. The lowest BCUT2D eigenvalue weighted by Crippen LogP contribution is -2.47. The molecule has 0 fully saturated rings. The molecule has 0 heterocycles. The van der Waals surface area contributed by atoms with Gasteiger partial charge in [0, 0.05) is 12.8 Å². The number of nitrogens with one attached hydrogen (secondary N) is 2. The zero-order chi connectivity index (χ0) is 48.2. The minimum atomic E-state index is -1.39. The molecule has 0 radical (unpaired) electrons. The van der Waals surface area contributed by atoms with E-state index in [4.69, 9.17) is 14.9 Å². The number of aliphatic carboxylic acids is 1. The summed E-state index contributed by atoms with van der Waals surface area (Å²) in [7, 11) is 0. The van der Waals surface area contributed by atoms with Crippen molar-refractivity contribution in [2.45, 2.75) is 199 Å². The van der Waals surface area contributed by atoms with E-state index < -0.39 is 24.5 Å². The normalized spacial score (nSPS) is 13.5. The van der Waals surface area contributed by atoms with Gasteiger partial charge in [-0.05, 0) is 128 Å². The number of carbonyl (C=O) groups is 4. The number of aliphatic hydroxyl groups is 1. The maximum absolute atomic E-state index is 12.9. The van der Waals surface area contributed by atoms with Gasteiger partial charge in [0.15, 0.2) is 0 Å². The van der Waals surface area contributed by atoms with Gasteiger partial charge in [0.05, 0.1) is 13.2 Å². The van der Waals surface area contributed by atoms with Gasteiger partial charge in [0.25, 0.3) is 0 Å². The van der Waals surface area contributed by atoms with Crippen LogP contribution in [0.25, 0.3) is 0 Å². The van der Waals surface area contributed by atoms with Crippen LogP contribution in [-0.4, -0.2) is 59.3 Å². The molecular formula is C57H90N2O7. The third-order valence-electron chi connectivity index (χ3n) is 10.5. The molecule has 0 aliphatic heterocycles. The highest BCUT2D eigenvalue weighted by Crippen LogP contribution is 2.18. The lowest BCUT2D eigenvalue weighted by Gasteiger charge is -2.18. The number of unbranched alkanes of at least 4 members (excludes halogenated alkanes) is 10. The average Bonchev–Trinajstić information content (AvgIpc) is 3.30. The fourth-order valence-corrected chi connectivity index (χ4v) is 6.65. The van der Waals surface area contributed by atoms with Crippen LogP contribution in [0, 0.1) is 0 Å². The summed E-state index contributed by atoms with van der Waals surface area (Å²) >= 11 is 0. The Balaban J connectivity index is 4.46. The largest absolute Gasteiger partial charge is 0.480 e. The van der Waals surface area contributed by atoms with Crippen LogP contribution in [0.5, 0.6) is 0 Å². The van der Waals surface area contributed by atoms with Gasteiger partial charge in [-0.3, -0.25) is 14.4 Å². The number of hydrogen-bond acceptors (Lipinski definition) is 6. The highest BCUT2D eigenvalue weighted by atomic mass is 16.5. The minimum Gasteiger partial charge on any atom is -0.480 e. The molecule has 0 bridgehead atoms. The fraction of sp³-hybridized carbons (Fsp3) is 0.579. The Hall–Kier alpha value is -4.76. The van der Waals surface area contributed by atoms with Gasteiger partial charge < -0.3 is 25.6 Å². The molecule has 2 atom stereocenters. The van der Waals surface area contributed by atoms with Gasteiger partial charge in [-0.2, -0.15) is 0 Å². The smallest absolute Gasteiger partial charge is 0.328 e. The topological polar surface area (TPSA) is 142 Å². The predicted molar refractivity (Wildman–Crippen MR) is 277 cm³/mol. The standard InChI is InChI=1S/C57H90N2O7/c1-3-5-7-9-11-13-15-17-19-20-21-22-23-24-25-26-28-30-32-34-36-41-45-49-56(63)66-52(46-42-38-35-33-31-29-27-18-16-14-12-10-8-6-4-2)47-43-39-37-40-44-48-54(61)58-50-55(62)59-53(51-60)57(64)65/h5-8,11-14,17-19,21-22,24-25,27-28,30-31,33,52-53,60H,3-4,9-10,15-16,20,23,26,29,32,34-51H2,1-2H3,(H,58,61)(H,59,62)(H,64,65)/b7-5-,8-6-,13-11-,14-12-,19-17-,22-21-,25-24-,27-18-,30-28-,33-31-. The van der Waals surface area contributed by atoms with Crippen molar-refractivity contribution in [3.05, 3.63) is 122 Å². The lowest BCUT2D eigenvalue weighted by atomic mass is 10.0. The van der Waals surface area contributed by atoms with E-state index in [-0.39, 0.29) is 30.9 Å². The maximum atomic E-state index is 12.9. The second-order valence-electron chi connectivity index (χ2n) is 16.5. The summed E-state index contributed by atoms with van der Waals surface area (Å²) in [5, 5.41) is 22.6. The van der Waals surface area contributed by atoms with Crippen molar-refractivity contribution in [2.24, 2.45) is 0 Å². The van der Waals surface area contributed by atoms with E-state index in [1.54, 1.807) is 0 Å². The first kappa shape index (κ1) is 61.2. The number of hydrogen-bond donors (Lipinski definition) is 4. The van der Waals surface area contributed by atoms with Crippen molar-refractivity contribution in [1.82, 2.24) is 10.6 Å². The molecule has 370 valence electrons. The maximum Gasteiger partial charge on any atom is 0.328 e. The Morgan fingerprint density at radius 1 is 0.455 bits per heavy atom. The zero-order valence-electron chi connectivity index (χ0n) is 41.1. The molecule has 0 spiro atoms. The van der Waals surface area contributed by atoms with Crippen LogP contribution in [0.3, 0.4) is 0 Å². The number of carbonyl (C=O) groups excluding carboxylic acids is 3. The molecule has 4 N–H and O–H groups in total. The van der Waals surface area contributed by atoms with Crippen LogP contribution in [0.15, 0.2) is 122 Å². The van der Waals surface area contributed by atoms with E-state index >= 15 is 0 Å². The molecule has 2 amide bonds. The number of aliphatic hydroxyl groups excluding tert-OH is 1. The van der Waals surface area contributed by atoms with Crippen molar-refractivity contribution in [2.75, 3.05) is 13.2 Å². The van der Waals surface area contributed by atoms with E-state index in [0.29, 0.717) is 12.8 Å². The molecule has 0 rings (SSSR count). The van der Waals surface area contributed by atoms with Gasteiger partial charge in [-0.15, -0.1) is 0 Å². The van der Waals surface area contributed by atoms with Crippen LogP contribution < -0.4 is 10.6 Å². The Bertz CT molecular complexity index is 1510. The van der Waals surface area contributed by atoms with Crippen LogP contribution in [0.1, 0.15) is 187 Å². The molecule has 0 aromatic heterocycles. The molecule has 0 aliphatic rings. The molecule has 66 heavy (non-hydrogen) atoms. The summed E-state index contributed by atoms with van der Waals surface area (Å²) in [6, 6.07) is -1.39. The van der Waals surface area contributed by atoms with Gasteiger partial charge >= 0.3 is 11.9 Å². The Labute approximate surface area is 401 Å². The fourth-order valence-electron chi connectivity index (χ4n) is 6.65. The summed E-state index contributed by atoms with van der Waals surface area (Å²) in [6.45, 7) is 3.24. The van der Waals surface area contributed by atoms with Gasteiger partial charge in [0.1, 0.15) is 12.1 Å². The molecule has 9 nitrogen and oxygen atoms in total. The number of ether oxygens (including phenoxy) is 1. The van der Waals surface area contributed by atoms with E-state index in [0.717, 1.165) is 154 Å². The first-order chi connectivity index (χ1) is 32.3. The SMILES string of the molecule is CC/C=C\C/C=C\C/C=C\C/C=C\C/C=C\C/C=C\CCCCCCC(=O)OC(CCCC/C=C\C/C=C\C/C=C\C/C=C\CC)CCCCCCCC(=O)NCC(=O)NC(CO)C(=O)O. The first-order valence-electron chi connectivity index (χ1n) is 25.4. The Kier molecular flexibility index (Phi) is 46.1. The van der Waals surface area contributed by atoms with Crippen LogP contribution >= 0.6 is 0 Å². The number of allylic oxidation sites excluding steroid dienone is 20. The van der Waals surface area contributed by atoms with Crippen LogP contribution in [-0.2, 0) is 23.9 Å². The minimum absolute atomic E-state index is 0.0773. The van der Waals surface area contributed by atoms with Gasteiger partial charge in [-0.1, -0.05) is 167 Å². The summed E-state index contributed by atoms with van der Waals surface area (Å²) in [5.41, 5.74) is 0. The van der Waals surface area contributed by atoms with Crippen molar-refractivity contribution < 1.29 is 34.1 Å². The second-order valence-corrected chi connectivity index (χ2v) is 16.5. The highest BCUT2D eigenvalue weighted by molar-refractivity contribution is 5.87. The number of rotatable bonds is 44. The van der Waals surface area contributed by atoms with Crippen LogP contribution in [0.2, 0.25) is 0 Å². The van der Waals surface area contributed by atoms with E-state index in [9.17, 15) is 19.2 Å². The Morgan fingerprint density at radius 3 is 1.26 bits per heavy atom. The molecule has 0 aliphatic carbocycles.